The van der Waals surface area contributed by atoms with Crippen molar-refractivity contribution in [2.45, 2.75) is 19.6 Å². The zero-order valence-corrected chi connectivity index (χ0v) is 8.85. The molecule has 1 aliphatic rings. The lowest BCUT2D eigenvalue weighted by Gasteiger charge is -2.16. The normalized spacial score (nSPS) is 15.9. The van der Waals surface area contributed by atoms with Crippen molar-refractivity contribution < 1.29 is 14.7 Å². The number of amides is 1. The SMILES string of the molecule is O=C1CC(=O)N(Cc2ccccc2CO)C1. The molecule has 0 bridgehead atoms. The van der Waals surface area contributed by atoms with Crippen LogP contribution in [0.25, 0.3) is 0 Å². The fraction of sp³-hybridized carbons (Fsp3) is 0.333. The number of Topliss-reactive ketones (excluding diaryl/α,β-unsaturated/α-hetero) is 1. The molecule has 16 heavy (non-hydrogen) atoms. The van der Waals surface area contributed by atoms with Crippen LogP contribution in [-0.4, -0.2) is 28.2 Å². The number of hydrogen-bond acceptors (Lipinski definition) is 3. The molecule has 84 valence electrons. The molecule has 2 rings (SSSR count). The van der Waals surface area contributed by atoms with Crippen LogP contribution in [0.5, 0.6) is 0 Å². The third-order valence-corrected chi connectivity index (χ3v) is 2.72. The summed E-state index contributed by atoms with van der Waals surface area (Å²) in [5.74, 6) is -0.163. The van der Waals surface area contributed by atoms with Gasteiger partial charge in [-0.25, -0.2) is 0 Å². The molecule has 1 aromatic rings. The van der Waals surface area contributed by atoms with E-state index in [4.69, 9.17) is 5.11 Å². The van der Waals surface area contributed by atoms with Gasteiger partial charge in [0, 0.05) is 6.54 Å². The van der Waals surface area contributed by atoms with Crippen LogP contribution >= 0.6 is 0 Å². The standard InChI is InChI=1S/C12H13NO3/c14-8-10-4-2-1-3-9(10)6-13-7-11(15)5-12(13)16/h1-4,14H,5-8H2. The van der Waals surface area contributed by atoms with Crippen LogP contribution < -0.4 is 0 Å². The van der Waals surface area contributed by atoms with Crippen molar-refractivity contribution in [3.8, 4) is 0 Å². The third kappa shape index (κ3) is 2.12. The molecule has 0 spiro atoms. The van der Waals surface area contributed by atoms with Gasteiger partial charge in [0.1, 0.15) is 0 Å². The van der Waals surface area contributed by atoms with Crippen LogP contribution in [-0.2, 0) is 22.7 Å². The fourth-order valence-corrected chi connectivity index (χ4v) is 1.85. The van der Waals surface area contributed by atoms with Crippen molar-refractivity contribution in [1.29, 1.82) is 0 Å². The molecule has 1 aromatic carbocycles. The van der Waals surface area contributed by atoms with E-state index in [2.05, 4.69) is 0 Å². The highest BCUT2D eigenvalue weighted by Crippen LogP contribution is 2.15. The predicted octanol–water partition coefficient (Wildman–Crippen LogP) is 0.480. The van der Waals surface area contributed by atoms with Crippen molar-refractivity contribution in [1.82, 2.24) is 4.90 Å². The van der Waals surface area contributed by atoms with E-state index in [-0.39, 0.29) is 31.3 Å². The van der Waals surface area contributed by atoms with E-state index in [1.54, 1.807) is 0 Å². The van der Waals surface area contributed by atoms with E-state index in [1.807, 2.05) is 24.3 Å². The van der Waals surface area contributed by atoms with Crippen molar-refractivity contribution in [3.63, 3.8) is 0 Å². The van der Waals surface area contributed by atoms with Gasteiger partial charge in [0.2, 0.25) is 5.91 Å². The Bertz CT molecular complexity index is 428. The zero-order chi connectivity index (χ0) is 11.5. The van der Waals surface area contributed by atoms with Gasteiger partial charge >= 0.3 is 0 Å². The monoisotopic (exact) mass is 219 g/mol. The summed E-state index contributed by atoms with van der Waals surface area (Å²) in [4.78, 5) is 24.1. The number of aliphatic hydroxyl groups excluding tert-OH is 1. The molecule has 1 saturated heterocycles. The van der Waals surface area contributed by atoms with Crippen molar-refractivity contribution >= 4 is 11.7 Å². The summed E-state index contributed by atoms with van der Waals surface area (Å²) >= 11 is 0. The molecule has 0 atom stereocenters. The Morgan fingerprint density at radius 3 is 2.44 bits per heavy atom. The molecular weight excluding hydrogens is 206 g/mol. The minimum atomic E-state index is -0.127. The minimum Gasteiger partial charge on any atom is -0.392 e. The molecule has 0 aromatic heterocycles. The summed E-state index contributed by atoms with van der Waals surface area (Å²) < 4.78 is 0. The summed E-state index contributed by atoms with van der Waals surface area (Å²) in [6.45, 7) is 0.548. The maximum atomic E-state index is 11.4. The first-order valence-electron chi connectivity index (χ1n) is 5.18. The van der Waals surface area contributed by atoms with Crippen LogP contribution in [0.15, 0.2) is 24.3 Å². The molecule has 1 aliphatic heterocycles. The van der Waals surface area contributed by atoms with Crippen LogP contribution in [0.2, 0.25) is 0 Å². The second kappa shape index (κ2) is 4.45. The van der Waals surface area contributed by atoms with Gasteiger partial charge in [-0.2, -0.15) is 0 Å². The largest absolute Gasteiger partial charge is 0.392 e. The second-order valence-corrected chi connectivity index (χ2v) is 3.89. The van der Waals surface area contributed by atoms with Crippen molar-refractivity contribution in [2.24, 2.45) is 0 Å². The van der Waals surface area contributed by atoms with E-state index in [1.165, 1.54) is 4.90 Å². The average molecular weight is 219 g/mol. The van der Waals surface area contributed by atoms with Crippen LogP contribution in [0.4, 0.5) is 0 Å². The van der Waals surface area contributed by atoms with Crippen LogP contribution in [0, 0.1) is 0 Å². The Labute approximate surface area is 93.5 Å². The number of benzene rings is 1. The highest BCUT2D eigenvalue weighted by molar-refractivity contribution is 6.05. The Hall–Kier alpha value is -1.68. The lowest BCUT2D eigenvalue weighted by molar-refractivity contribution is -0.128. The molecule has 1 fully saturated rings. The van der Waals surface area contributed by atoms with Gasteiger partial charge in [0.15, 0.2) is 5.78 Å². The number of carbonyl (C=O) groups is 2. The Kier molecular flexibility index (Phi) is 3.01. The Morgan fingerprint density at radius 1 is 1.19 bits per heavy atom. The molecule has 1 amide bonds. The quantitative estimate of drug-likeness (QED) is 0.752. The molecule has 4 nitrogen and oxygen atoms in total. The van der Waals surface area contributed by atoms with E-state index in [0.29, 0.717) is 6.54 Å². The highest BCUT2D eigenvalue weighted by atomic mass is 16.3. The first kappa shape index (κ1) is 10.8. The molecule has 1 heterocycles. The van der Waals surface area contributed by atoms with Gasteiger partial charge < -0.3 is 10.0 Å². The smallest absolute Gasteiger partial charge is 0.230 e. The maximum absolute atomic E-state index is 11.4. The van der Waals surface area contributed by atoms with Crippen molar-refractivity contribution in [3.05, 3.63) is 35.4 Å². The number of likely N-dealkylation sites (tertiary alicyclic amines) is 1. The summed E-state index contributed by atoms with van der Waals surface area (Å²) in [6, 6.07) is 7.38. The van der Waals surface area contributed by atoms with E-state index in [9.17, 15) is 9.59 Å². The summed E-state index contributed by atoms with van der Waals surface area (Å²) in [5, 5.41) is 9.14. The van der Waals surface area contributed by atoms with E-state index in [0.717, 1.165) is 11.1 Å². The average Bonchev–Trinajstić information content (AvgIpc) is 2.58. The first-order chi connectivity index (χ1) is 7.70. The number of nitrogens with zero attached hydrogens (tertiary/aromatic N) is 1. The minimum absolute atomic E-state index is 0.0152. The molecule has 0 radical (unpaired) electrons. The lowest BCUT2D eigenvalue weighted by Crippen LogP contribution is -2.25. The Balaban J connectivity index is 2.14. The number of rotatable bonds is 3. The molecule has 1 N–H and O–H groups in total. The molecule has 0 aliphatic carbocycles. The number of hydrogen-bond donors (Lipinski definition) is 1. The van der Waals surface area contributed by atoms with E-state index >= 15 is 0 Å². The fourth-order valence-electron chi connectivity index (χ4n) is 1.85. The van der Waals surface area contributed by atoms with Crippen LogP contribution in [0.3, 0.4) is 0 Å². The van der Waals surface area contributed by atoms with Crippen molar-refractivity contribution in [2.75, 3.05) is 6.54 Å². The topological polar surface area (TPSA) is 57.6 Å². The van der Waals surface area contributed by atoms with Gasteiger partial charge in [-0.1, -0.05) is 24.3 Å². The molecule has 0 saturated carbocycles. The third-order valence-electron chi connectivity index (χ3n) is 2.72. The molecule has 4 heteroatoms. The van der Waals surface area contributed by atoms with Gasteiger partial charge in [0.05, 0.1) is 19.6 Å². The lowest BCUT2D eigenvalue weighted by atomic mass is 10.1. The zero-order valence-electron chi connectivity index (χ0n) is 8.85. The van der Waals surface area contributed by atoms with Gasteiger partial charge in [-0.15, -0.1) is 0 Å². The van der Waals surface area contributed by atoms with Gasteiger partial charge in [-0.05, 0) is 11.1 Å². The number of carbonyl (C=O) groups excluding carboxylic acids is 2. The van der Waals surface area contributed by atoms with Gasteiger partial charge in [0.25, 0.3) is 0 Å². The highest BCUT2D eigenvalue weighted by Gasteiger charge is 2.27. The summed E-state index contributed by atoms with van der Waals surface area (Å²) in [7, 11) is 0. The maximum Gasteiger partial charge on any atom is 0.230 e. The summed E-state index contributed by atoms with van der Waals surface area (Å²) in [5.41, 5.74) is 1.70. The number of aliphatic hydroxyl groups is 1. The first-order valence-corrected chi connectivity index (χ1v) is 5.18. The predicted molar refractivity (Wildman–Crippen MR) is 57.4 cm³/mol. The molecule has 0 unspecified atom stereocenters. The van der Waals surface area contributed by atoms with Crippen LogP contribution in [0.1, 0.15) is 17.5 Å². The van der Waals surface area contributed by atoms with Gasteiger partial charge in [-0.3, -0.25) is 9.59 Å². The summed E-state index contributed by atoms with van der Waals surface area (Å²) in [6.07, 6.45) is 0.0152. The van der Waals surface area contributed by atoms with E-state index < -0.39 is 0 Å². The second-order valence-electron chi connectivity index (χ2n) is 3.89. The Morgan fingerprint density at radius 2 is 1.88 bits per heavy atom. The number of ketones is 1. The molecular formula is C12H13NO3.